The number of aryl methyl sites for hydroxylation is 3. The molecule has 0 spiro atoms. The van der Waals surface area contributed by atoms with E-state index in [-0.39, 0.29) is 0 Å². The average molecular weight is 200 g/mol. The Kier molecular flexibility index (Phi) is 2.12. The Labute approximate surface area is 90.5 Å². The maximum absolute atomic E-state index is 11.6. The summed E-state index contributed by atoms with van der Waals surface area (Å²) in [6, 6.07) is 4.49. The highest BCUT2D eigenvalue weighted by molar-refractivity contribution is 6.00. The van der Waals surface area contributed by atoms with Gasteiger partial charge >= 0.3 is 0 Å². The van der Waals surface area contributed by atoms with Gasteiger partial charge in [-0.3, -0.25) is 4.79 Å². The van der Waals surface area contributed by atoms with E-state index in [1.54, 1.807) is 0 Å². The Morgan fingerprint density at radius 1 is 0.733 bits per heavy atom. The van der Waals surface area contributed by atoms with E-state index in [0.717, 1.165) is 18.4 Å². The van der Waals surface area contributed by atoms with Gasteiger partial charge < -0.3 is 0 Å². The number of fused-ring (bicyclic) bond motifs is 2. The van der Waals surface area contributed by atoms with Gasteiger partial charge in [-0.25, -0.2) is 0 Å². The van der Waals surface area contributed by atoms with Gasteiger partial charge in [-0.15, -0.1) is 0 Å². The first-order valence-electron chi connectivity index (χ1n) is 6.02. The van der Waals surface area contributed by atoms with Gasteiger partial charge in [-0.1, -0.05) is 12.5 Å². The molecule has 0 atom stereocenters. The largest absolute Gasteiger partial charge is 0.294 e. The van der Waals surface area contributed by atoms with E-state index in [4.69, 9.17) is 0 Å². The second-order valence-electron chi connectivity index (χ2n) is 4.76. The van der Waals surface area contributed by atoms with Gasteiger partial charge in [-0.2, -0.15) is 0 Å². The van der Waals surface area contributed by atoms with Crippen molar-refractivity contribution < 1.29 is 4.79 Å². The van der Waals surface area contributed by atoms with Crippen LogP contribution in [0.4, 0.5) is 0 Å². The van der Waals surface area contributed by atoms with E-state index in [9.17, 15) is 4.79 Å². The Balaban J connectivity index is 2.10. The molecule has 15 heavy (non-hydrogen) atoms. The molecule has 0 fully saturated rings. The average Bonchev–Trinajstić information content (AvgIpc) is 2.49. The molecule has 0 amide bonds. The summed E-state index contributed by atoms with van der Waals surface area (Å²) >= 11 is 0. The maximum atomic E-state index is 11.6. The van der Waals surface area contributed by atoms with Crippen LogP contribution < -0.4 is 0 Å². The van der Waals surface area contributed by atoms with Gasteiger partial charge in [-0.05, 0) is 54.9 Å². The number of rotatable bonds is 0. The van der Waals surface area contributed by atoms with Gasteiger partial charge in [0.25, 0.3) is 0 Å². The third kappa shape index (κ3) is 1.50. The summed E-state index contributed by atoms with van der Waals surface area (Å²) in [7, 11) is 0. The highest BCUT2D eigenvalue weighted by atomic mass is 16.1. The van der Waals surface area contributed by atoms with Crippen LogP contribution in [-0.4, -0.2) is 5.78 Å². The third-order valence-corrected chi connectivity index (χ3v) is 3.74. The molecule has 1 heteroatoms. The molecule has 0 bridgehead atoms. The molecule has 0 unspecified atom stereocenters. The number of hydrogen-bond donors (Lipinski definition) is 0. The van der Waals surface area contributed by atoms with E-state index in [2.05, 4.69) is 12.1 Å². The second-order valence-corrected chi connectivity index (χ2v) is 4.76. The second kappa shape index (κ2) is 3.48. The molecule has 0 saturated carbocycles. The minimum Gasteiger partial charge on any atom is -0.294 e. The summed E-state index contributed by atoms with van der Waals surface area (Å²) in [5.41, 5.74) is 5.29. The van der Waals surface area contributed by atoms with Crippen molar-refractivity contribution in [2.45, 2.75) is 44.9 Å². The van der Waals surface area contributed by atoms with Crippen LogP contribution in [-0.2, 0) is 19.3 Å². The molecule has 0 heterocycles. The van der Waals surface area contributed by atoms with Crippen LogP contribution in [0.25, 0.3) is 0 Å². The highest BCUT2D eigenvalue weighted by Gasteiger charge is 2.21. The Bertz CT molecular complexity index is 418. The predicted molar refractivity (Wildman–Crippen MR) is 60.4 cm³/mol. The van der Waals surface area contributed by atoms with Crippen molar-refractivity contribution >= 4 is 5.78 Å². The monoisotopic (exact) mass is 200 g/mol. The molecule has 78 valence electrons. The van der Waals surface area contributed by atoms with E-state index in [0.29, 0.717) is 5.78 Å². The van der Waals surface area contributed by atoms with Gasteiger partial charge in [0.15, 0.2) is 5.78 Å². The fraction of sp³-hybridized carbons (Fsp3) is 0.500. The Morgan fingerprint density at radius 3 is 2.27 bits per heavy atom. The van der Waals surface area contributed by atoms with Gasteiger partial charge in [0.05, 0.1) is 0 Å². The normalized spacial score (nSPS) is 19.6. The molecule has 0 saturated heterocycles. The number of Topliss-reactive ketones (excluding diaryl/α,β-unsaturated/α-hetero) is 1. The van der Waals surface area contributed by atoms with Crippen molar-refractivity contribution in [3.8, 4) is 0 Å². The first kappa shape index (κ1) is 9.14. The lowest BCUT2D eigenvalue weighted by atomic mass is 9.97. The topological polar surface area (TPSA) is 17.1 Å². The first-order chi connectivity index (χ1) is 7.34. The lowest BCUT2D eigenvalue weighted by molar-refractivity contribution is 0.0994. The fourth-order valence-electron chi connectivity index (χ4n) is 2.86. The summed E-state index contributed by atoms with van der Waals surface area (Å²) in [6.07, 6.45) is 8.05. The Morgan fingerprint density at radius 2 is 1.47 bits per heavy atom. The van der Waals surface area contributed by atoms with E-state index in [1.807, 2.05) is 0 Å². The van der Waals surface area contributed by atoms with Crippen molar-refractivity contribution in [2.24, 2.45) is 0 Å². The first-order valence-corrected chi connectivity index (χ1v) is 6.02. The van der Waals surface area contributed by atoms with Crippen LogP contribution in [0.15, 0.2) is 12.1 Å². The quantitative estimate of drug-likeness (QED) is 0.588. The number of hydrogen-bond acceptors (Lipinski definition) is 1. The van der Waals surface area contributed by atoms with Crippen LogP contribution in [0, 0.1) is 0 Å². The molecule has 0 aliphatic heterocycles. The predicted octanol–water partition coefficient (Wildman–Crippen LogP) is 3.08. The third-order valence-electron chi connectivity index (χ3n) is 3.74. The molecule has 3 rings (SSSR count). The minimum absolute atomic E-state index is 0.358. The van der Waals surface area contributed by atoms with Crippen molar-refractivity contribution in [1.82, 2.24) is 0 Å². The minimum atomic E-state index is 0.358. The zero-order valence-electron chi connectivity index (χ0n) is 9.01. The smallest absolute Gasteiger partial charge is 0.163 e. The van der Waals surface area contributed by atoms with Crippen LogP contribution >= 0.6 is 0 Å². The zero-order valence-corrected chi connectivity index (χ0v) is 9.01. The zero-order chi connectivity index (χ0) is 10.3. The summed E-state index contributed by atoms with van der Waals surface area (Å²) in [4.78, 5) is 11.6. The number of carbonyl (C=O) groups excluding carboxylic acids is 1. The van der Waals surface area contributed by atoms with Crippen molar-refractivity contribution in [2.75, 3.05) is 0 Å². The fourth-order valence-corrected chi connectivity index (χ4v) is 2.86. The summed E-state index contributed by atoms with van der Waals surface area (Å²) in [6.45, 7) is 0. The van der Waals surface area contributed by atoms with Crippen LogP contribution in [0.2, 0.25) is 0 Å². The summed E-state index contributed by atoms with van der Waals surface area (Å²) < 4.78 is 0. The summed E-state index contributed by atoms with van der Waals surface area (Å²) in [5, 5.41) is 0. The van der Waals surface area contributed by atoms with Crippen molar-refractivity contribution in [3.05, 3.63) is 34.4 Å². The van der Waals surface area contributed by atoms with Crippen molar-refractivity contribution in [1.29, 1.82) is 0 Å². The van der Waals surface area contributed by atoms with E-state index < -0.39 is 0 Å². The van der Waals surface area contributed by atoms with Crippen LogP contribution in [0.1, 0.15) is 52.7 Å². The lowest BCUT2D eigenvalue weighted by Crippen LogP contribution is -1.97. The molecular weight excluding hydrogens is 184 g/mol. The van der Waals surface area contributed by atoms with E-state index in [1.165, 1.54) is 48.8 Å². The lowest BCUT2D eigenvalue weighted by Gasteiger charge is -2.08. The molecule has 0 aromatic heterocycles. The van der Waals surface area contributed by atoms with E-state index >= 15 is 0 Å². The highest BCUT2D eigenvalue weighted by Crippen LogP contribution is 2.29. The Hall–Kier alpha value is -1.11. The molecule has 0 N–H and O–H groups in total. The van der Waals surface area contributed by atoms with Crippen molar-refractivity contribution in [3.63, 3.8) is 0 Å². The molecule has 2 aliphatic rings. The van der Waals surface area contributed by atoms with Gasteiger partial charge in [0, 0.05) is 12.0 Å². The number of ketones is 1. The van der Waals surface area contributed by atoms with Gasteiger partial charge in [0.2, 0.25) is 0 Å². The number of carbonyl (C=O) groups is 1. The van der Waals surface area contributed by atoms with Gasteiger partial charge in [0.1, 0.15) is 0 Å². The molecular formula is C14H16O. The summed E-state index contributed by atoms with van der Waals surface area (Å²) in [5.74, 6) is 0.358. The molecule has 1 aromatic carbocycles. The SMILES string of the molecule is O=C1CCc2cc3c(cc21)CCCCC3. The maximum Gasteiger partial charge on any atom is 0.163 e. The molecule has 2 aliphatic carbocycles. The molecule has 1 nitrogen and oxygen atoms in total. The standard InChI is InChI=1S/C14H16O/c15-14-7-6-12-8-10-4-2-1-3-5-11(10)9-13(12)14/h8-9H,1-7H2. The van der Waals surface area contributed by atoms with Crippen LogP contribution in [0.5, 0.6) is 0 Å². The molecule has 1 aromatic rings. The van der Waals surface area contributed by atoms with Crippen LogP contribution in [0.3, 0.4) is 0 Å². The number of benzene rings is 1. The molecule has 0 radical (unpaired) electrons.